The molecular weight excluding hydrogens is 140 g/mol. The van der Waals surface area contributed by atoms with Crippen LogP contribution in [0.2, 0.25) is 0 Å². The van der Waals surface area contributed by atoms with E-state index in [4.69, 9.17) is 9.47 Å². The Morgan fingerprint density at radius 3 is 2.73 bits per heavy atom. The van der Waals surface area contributed by atoms with Crippen molar-refractivity contribution in [1.82, 2.24) is 0 Å². The van der Waals surface area contributed by atoms with Gasteiger partial charge >= 0.3 is 0 Å². The van der Waals surface area contributed by atoms with Crippen molar-refractivity contribution in [2.45, 2.75) is 12.7 Å². The van der Waals surface area contributed by atoms with Crippen LogP contribution in [-0.4, -0.2) is 13.2 Å². The van der Waals surface area contributed by atoms with Crippen molar-refractivity contribution < 1.29 is 9.47 Å². The van der Waals surface area contributed by atoms with Gasteiger partial charge in [-0.2, -0.15) is 12.1 Å². The largest absolute Gasteiger partial charge is 0.346 e. The molecule has 0 N–H and O–H groups in total. The highest BCUT2D eigenvalue weighted by atomic mass is 16.7. The molecule has 2 rings (SSSR count). The second-order valence-corrected chi connectivity index (χ2v) is 2.82. The fraction of sp³-hybridized carbons (Fsp3) is 0.444. The van der Waals surface area contributed by atoms with Crippen LogP contribution in [0.1, 0.15) is 12.5 Å². The zero-order valence-corrected chi connectivity index (χ0v) is 6.54. The second kappa shape index (κ2) is 2.40. The number of hydrogen-bond acceptors (Lipinski definition) is 2. The molecule has 0 bridgehead atoms. The summed E-state index contributed by atoms with van der Waals surface area (Å²) >= 11 is 0. The maximum absolute atomic E-state index is 5.46. The first-order chi connectivity index (χ1) is 5.31. The van der Waals surface area contributed by atoms with Gasteiger partial charge in [-0.05, 0) is 6.92 Å². The first-order valence-electron chi connectivity index (χ1n) is 3.81. The monoisotopic (exact) mass is 151 g/mol. The van der Waals surface area contributed by atoms with E-state index in [0.29, 0.717) is 13.2 Å². The molecule has 1 aliphatic rings. The van der Waals surface area contributed by atoms with Crippen LogP contribution in [0.4, 0.5) is 0 Å². The Bertz CT molecular complexity index is 220. The third kappa shape index (κ3) is 1.08. The Morgan fingerprint density at radius 1 is 1.45 bits per heavy atom. The molecule has 0 atom stereocenters. The number of ether oxygens (including phenoxy) is 2. The highest BCUT2D eigenvalue weighted by Crippen LogP contribution is 2.30. The minimum atomic E-state index is -0.483. The Labute approximate surface area is 66.1 Å². The molecule has 0 radical (unpaired) electrons. The lowest BCUT2D eigenvalue weighted by Gasteiger charge is -2.24. The summed E-state index contributed by atoms with van der Waals surface area (Å²) in [5.74, 6) is -0.483. The molecule has 1 saturated heterocycles. The lowest BCUT2D eigenvalue weighted by molar-refractivity contribution is -0.149. The van der Waals surface area contributed by atoms with Gasteiger partial charge in [0, 0.05) is 0 Å². The summed E-state index contributed by atoms with van der Waals surface area (Å²) in [5, 5.41) is 0. The molecule has 0 saturated carbocycles. The van der Waals surface area contributed by atoms with Crippen LogP contribution in [0.3, 0.4) is 0 Å². The molecule has 0 aliphatic carbocycles. The van der Waals surface area contributed by atoms with E-state index in [0.717, 1.165) is 5.56 Å². The van der Waals surface area contributed by atoms with Crippen LogP contribution in [0.15, 0.2) is 24.3 Å². The fourth-order valence-electron chi connectivity index (χ4n) is 1.36. The van der Waals surface area contributed by atoms with Gasteiger partial charge in [0.2, 0.25) is 0 Å². The van der Waals surface area contributed by atoms with Gasteiger partial charge in [0.15, 0.2) is 5.79 Å². The van der Waals surface area contributed by atoms with Crippen molar-refractivity contribution in [3.8, 4) is 0 Å². The topological polar surface area (TPSA) is 18.5 Å². The number of rotatable bonds is 1. The molecule has 11 heavy (non-hydrogen) atoms. The molecule has 1 aromatic carbocycles. The summed E-state index contributed by atoms with van der Waals surface area (Å²) < 4.78 is 10.9. The van der Waals surface area contributed by atoms with Crippen molar-refractivity contribution in [3.63, 3.8) is 0 Å². The standard InChI is InChI=1S/C9H11O2/c1-9(10-6-7-11-9)8-4-2-3-5-8/h2-5H,6-7H2,1H3/q-1. The first-order valence-corrected chi connectivity index (χ1v) is 3.81. The van der Waals surface area contributed by atoms with E-state index < -0.39 is 5.79 Å². The lowest BCUT2D eigenvalue weighted by Crippen LogP contribution is -2.21. The van der Waals surface area contributed by atoms with Crippen LogP contribution in [0.25, 0.3) is 0 Å². The average Bonchev–Trinajstić information content (AvgIpc) is 2.55. The molecule has 1 fully saturated rings. The van der Waals surface area contributed by atoms with Crippen LogP contribution in [0, 0.1) is 0 Å². The highest BCUT2D eigenvalue weighted by Gasteiger charge is 2.29. The summed E-state index contributed by atoms with van der Waals surface area (Å²) in [7, 11) is 0. The maximum atomic E-state index is 5.46. The third-order valence-electron chi connectivity index (χ3n) is 2.03. The Hall–Kier alpha value is -0.730. The van der Waals surface area contributed by atoms with Crippen molar-refractivity contribution in [3.05, 3.63) is 29.8 Å². The zero-order chi connectivity index (χ0) is 7.73. The van der Waals surface area contributed by atoms with Crippen molar-refractivity contribution >= 4 is 0 Å². The van der Waals surface area contributed by atoms with E-state index in [1.54, 1.807) is 0 Å². The molecule has 0 aromatic heterocycles. The molecule has 1 aliphatic heterocycles. The quantitative estimate of drug-likeness (QED) is 0.568. The van der Waals surface area contributed by atoms with Gasteiger partial charge in [-0.15, -0.1) is 5.56 Å². The molecule has 0 spiro atoms. The zero-order valence-electron chi connectivity index (χ0n) is 6.54. The predicted molar refractivity (Wildman–Crippen MR) is 41.3 cm³/mol. The van der Waals surface area contributed by atoms with Gasteiger partial charge in [-0.1, -0.05) is 0 Å². The van der Waals surface area contributed by atoms with Gasteiger partial charge in [0.1, 0.15) is 0 Å². The van der Waals surface area contributed by atoms with Crippen molar-refractivity contribution in [1.29, 1.82) is 0 Å². The highest BCUT2D eigenvalue weighted by molar-refractivity contribution is 5.21. The summed E-state index contributed by atoms with van der Waals surface area (Å²) in [4.78, 5) is 0. The van der Waals surface area contributed by atoms with E-state index in [1.165, 1.54) is 0 Å². The van der Waals surface area contributed by atoms with Gasteiger partial charge in [-0.25, -0.2) is 12.1 Å². The summed E-state index contributed by atoms with van der Waals surface area (Å²) in [6, 6.07) is 8.02. The Kier molecular flexibility index (Phi) is 1.51. The van der Waals surface area contributed by atoms with E-state index in [9.17, 15) is 0 Å². The van der Waals surface area contributed by atoms with E-state index in [2.05, 4.69) is 0 Å². The smallest absolute Gasteiger partial charge is 0.169 e. The minimum Gasteiger partial charge on any atom is -0.346 e. The minimum absolute atomic E-state index is 0.483. The Morgan fingerprint density at radius 2 is 2.18 bits per heavy atom. The van der Waals surface area contributed by atoms with Crippen LogP contribution in [0.5, 0.6) is 0 Å². The summed E-state index contributed by atoms with van der Waals surface area (Å²) in [5.41, 5.74) is 1.11. The van der Waals surface area contributed by atoms with Gasteiger partial charge in [-0.3, -0.25) is 0 Å². The summed E-state index contributed by atoms with van der Waals surface area (Å²) in [6.45, 7) is 3.35. The molecule has 60 valence electrons. The predicted octanol–water partition coefficient (Wildman–Crippen LogP) is 1.62. The fourth-order valence-corrected chi connectivity index (χ4v) is 1.36. The molecule has 2 nitrogen and oxygen atoms in total. The molecule has 1 heterocycles. The molecule has 1 aromatic rings. The van der Waals surface area contributed by atoms with Gasteiger partial charge in [0.05, 0.1) is 13.2 Å². The van der Waals surface area contributed by atoms with E-state index in [-0.39, 0.29) is 0 Å². The second-order valence-electron chi connectivity index (χ2n) is 2.82. The molecule has 0 unspecified atom stereocenters. The normalized spacial score (nSPS) is 22.3. The summed E-state index contributed by atoms with van der Waals surface area (Å²) in [6.07, 6.45) is 0. The van der Waals surface area contributed by atoms with Gasteiger partial charge in [0.25, 0.3) is 0 Å². The SMILES string of the molecule is CC1(c2ccc[cH-]2)OCCO1. The van der Waals surface area contributed by atoms with Crippen LogP contribution >= 0.6 is 0 Å². The molecule has 2 heteroatoms. The average molecular weight is 151 g/mol. The van der Waals surface area contributed by atoms with E-state index in [1.807, 2.05) is 31.2 Å². The molecule has 0 amide bonds. The Balaban J connectivity index is 2.27. The lowest BCUT2D eigenvalue weighted by atomic mass is 10.1. The van der Waals surface area contributed by atoms with Crippen molar-refractivity contribution in [2.75, 3.05) is 13.2 Å². The van der Waals surface area contributed by atoms with Crippen molar-refractivity contribution in [2.24, 2.45) is 0 Å². The van der Waals surface area contributed by atoms with Crippen LogP contribution < -0.4 is 0 Å². The molecular formula is C9H11O2-. The third-order valence-corrected chi connectivity index (χ3v) is 2.03. The van der Waals surface area contributed by atoms with Gasteiger partial charge < -0.3 is 9.47 Å². The van der Waals surface area contributed by atoms with Crippen LogP contribution in [-0.2, 0) is 15.3 Å². The number of hydrogen-bond donors (Lipinski definition) is 0. The first kappa shape index (κ1) is 6.95. The van der Waals surface area contributed by atoms with E-state index >= 15 is 0 Å². The maximum Gasteiger partial charge on any atom is 0.169 e.